The Kier molecular flexibility index (Phi) is 11.8. The lowest BCUT2D eigenvalue weighted by atomic mass is 9.74. The molecule has 0 spiro atoms. The van der Waals surface area contributed by atoms with E-state index in [2.05, 4.69) is 19.6 Å². The van der Waals surface area contributed by atoms with Gasteiger partial charge in [0.1, 0.15) is 5.76 Å². The van der Waals surface area contributed by atoms with Crippen LogP contribution in [0.2, 0.25) is 0 Å². The van der Waals surface area contributed by atoms with Crippen LogP contribution in [0.5, 0.6) is 0 Å². The van der Waals surface area contributed by atoms with E-state index in [4.69, 9.17) is 19.3 Å². The number of fused-ring (bicyclic) bond motifs is 1. The monoisotopic (exact) mass is 490 g/mol. The number of aliphatic carboxylic acids is 1. The van der Waals surface area contributed by atoms with E-state index in [0.717, 1.165) is 64.4 Å². The number of carbonyl (C=O) groups is 1. The molecule has 2 saturated carbocycles. The SMILES string of the molecule is C=C(/C=C\C=C1/CC[C@H]2C[C@@H](O)[C@H](CC[C@H](CCCCC)OC3CCCCO3)[C@H]2C1)OCC(=O)O. The highest BCUT2D eigenvalue weighted by Gasteiger charge is 2.44. The highest BCUT2D eigenvalue weighted by atomic mass is 16.7. The highest BCUT2D eigenvalue weighted by Crippen LogP contribution is 2.49. The number of hydrogen-bond donors (Lipinski definition) is 2. The molecule has 0 aromatic heterocycles. The second-order valence-corrected chi connectivity index (χ2v) is 10.6. The van der Waals surface area contributed by atoms with E-state index in [1.807, 2.05) is 6.08 Å². The summed E-state index contributed by atoms with van der Waals surface area (Å²) in [6, 6.07) is 0. The molecule has 6 heteroatoms. The molecule has 0 amide bonds. The van der Waals surface area contributed by atoms with Crippen LogP contribution in [-0.2, 0) is 19.0 Å². The molecule has 0 bridgehead atoms. The van der Waals surface area contributed by atoms with Crippen LogP contribution in [0, 0.1) is 17.8 Å². The van der Waals surface area contributed by atoms with Crippen molar-refractivity contribution in [2.75, 3.05) is 13.2 Å². The molecule has 1 heterocycles. The van der Waals surface area contributed by atoms with Crippen LogP contribution in [0.25, 0.3) is 0 Å². The van der Waals surface area contributed by atoms with E-state index in [-0.39, 0.29) is 25.1 Å². The average molecular weight is 491 g/mol. The van der Waals surface area contributed by atoms with Gasteiger partial charge in [0.25, 0.3) is 0 Å². The molecule has 3 fully saturated rings. The quantitative estimate of drug-likeness (QED) is 0.172. The summed E-state index contributed by atoms with van der Waals surface area (Å²) in [5.41, 5.74) is 1.39. The van der Waals surface area contributed by atoms with Gasteiger partial charge in [-0.1, -0.05) is 50.5 Å². The Hall–Kier alpha value is -1.63. The molecular formula is C29H46O6. The zero-order valence-corrected chi connectivity index (χ0v) is 21.5. The molecule has 35 heavy (non-hydrogen) atoms. The molecule has 198 valence electrons. The Morgan fingerprint density at radius 1 is 1.26 bits per heavy atom. The fourth-order valence-electron chi connectivity index (χ4n) is 6.09. The van der Waals surface area contributed by atoms with Crippen molar-refractivity contribution < 1.29 is 29.2 Å². The second kappa shape index (κ2) is 14.8. The summed E-state index contributed by atoms with van der Waals surface area (Å²) in [5, 5.41) is 19.6. The fourth-order valence-corrected chi connectivity index (χ4v) is 6.09. The molecule has 0 aromatic carbocycles. The molecule has 0 radical (unpaired) electrons. The van der Waals surface area contributed by atoms with Crippen LogP contribution < -0.4 is 0 Å². The molecular weight excluding hydrogens is 444 g/mol. The summed E-state index contributed by atoms with van der Waals surface area (Å²) >= 11 is 0. The molecule has 6 nitrogen and oxygen atoms in total. The van der Waals surface area contributed by atoms with Crippen molar-refractivity contribution in [2.24, 2.45) is 17.8 Å². The van der Waals surface area contributed by atoms with Crippen molar-refractivity contribution in [3.8, 4) is 0 Å². The van der Waals surface area contributed by atoms with E-state index in [1.165, 1.54) is 31.3 Å². The Balaban J connectivity index is 1.53. The number of aliphatic hydroxyl groups excluding tert-OH is 1. The minimum Gasteiger partial charge on any atom is -0.483 e. The van der Waals surface area contributed by atoms with E-state index < -0.39 is 5.97 Å². The topological polar surface area (TPSA) is 85.2 Å². The molecule has 1 saturated heterocycles. The summed E-state index contributed by atoms with van der Waals surface area (Å²) in [5.74, 6) is 0.791. The first-order chi connectivity index (χ1) is 17.0. The maximum Gasteiger partial charge on any atom is 0.341 e. The van der Waals surface area contributed by atoms with Crippen molar-refractivity contribution in [3.05, 3.63) is 36.1 Å². The van der Waals surface area contributed by atoms with Gasteiger partial charge in [-0.2, -0.15) is 0 Å². The van der Waals surface area contributed by atoms with Gasteiger partial charge < -0.3 is 24.4 Å². The molecule has 2 aliphatic carbocycles. The number of aliphatic hydroxyl groups is 1. The zero-order chi connectivity index (χ0) is 25.0. The number of hydrogen-bond acceptors (Lipinski definition) is 5. The summed E-state index contributed by atoms with van der Waals surface area (Å²) in [6.07, 6.45) is 19.8. The van der Waals surface area contributed by atoms with Crippen molar-refractivity contribution in [1.29, 1.82) is 0 Å². The van der Waals surface area contributed by atoms with Crippen LogP contribution in [0.4, 0.5) is 0 Å². The predicted molar refractivity (Wildman–Crippen MR) is 137 cm³/mol. The van der Waals surface area contributed by atoms with Gasteiger partial charge in [0, 0.05) is 6.61 Å². The maximum absolute atomic E-state index is 10.9. The molecule has 1 unspecified atom stereocenters. The Bertz CT molecular complexity index is 723. The third-order valence-electron chi connectivity index (χ3n) is 7.96. The van der Waals surface area contributed by atoms with Gasteiger partial charge in [0.05, 0.1) is 12.2 Å². The molecule has 2 N–H and O–H groups in total. The van der Waals surface area contributed by atoms with E-state index in [1.54, 1.807) is 6.08 Å². The van der Waals surface area contributed by atoms with E-state index in [9.17, 15) is 9.90 Å². The number of rotatable bonds is 14. The van der Waals surface area contributed by atoms with Gasteiger partial charge in [-0.25, -0.2) is 4.79 Å². The minimum absolute atomic E-state index is 0.0538. The molecule has 0 aromatic rings. The van der Waals surface area contributed by atoms with Crippen molar-refractivity contribution >= 4 is 5.97 Å². The number of carboxylic acid groups (broad SMARTS) is 1. The third-order valence-corrected chi connectivity index (χ3v) is 7.96. The Labute approximate surface area is 211 Å². The van der Waals surface area contributed by atoms with E-state index >= 15 is 0 Å². The standard InChI is InChI=1S/C29H46O6/c1-3-4-5-11-24(35-29-12-6-7-17-33-29)15-16-25-26-18-22(13-14-23(26)19-27(25)30)10-8-9-21(2)34-20-28(31)32/h8-10,23-27,29-30H,2-7,11-20H2,1H3,(H,31,32)/b9-8-,22-10+/t23-,24-,25+,26-,27+,29?/m0/s1. The lowest BCUT2D eigenvalue weighted by Crippen LogP contribution is -2.30. The zero-order valence-electron chi connectivity index (χ0n) is 21.5. The first kappa shape index (κ1) is 27.9. The van der Waals surface area contributed by atoms with Crippen molar-refractivity contribution in [3.63, 3.8) is 0 Å². The summed E-state index contributed by atoms with van der Waals surface area (Å²) < 4.78 is 17.4. The summed E-state index contributed by atoms with van der Waals surface area (Å²) in [4.78, 5) is 10.6. The second-order valence-electron chi connectivity index (χ2n) is 10.6. The first-order valence-corrected chi connectivity index (χ1v) is 13.8. The van der Waals surface area contributed by atoms with Gasteiger partial charge in [-0.05, 0) is 88.0 Å². The van der Waals surface area contributed by atoms with Crippen LogP contribution in [0.15, 0.2) is 36.1 Å². The summed E-state index contributed by atoms with van der Waals surface area (Å²) in [7, 11) is 0. The lowest BCUT2D eigenvalue weighted by molar-refractivity contribution is -0.191. The fraction of sp³-hybridized carbons (Fsp3) is 0.759. The van der Waals surface area contributed by atoms with Crippen molar-refractivity contribution in [1.82, 2.24) is 0 Å². The molecule has 1 aliphatic heterocycles. The van der Waals surface area contributed by atoms with Gasteiger partial charge in [0.15, 0.2) is 12.9 Å². The average Bonchev–Trinajstić information content (AvgIpc) is 3.16. The number of carboxylic acids is 1. The highest BCUT2D eigenvalue weighted by molar-refractivity contribution is 5.68. The third kappa shape index (κ3) is 9.40. The van der Waals surface area contributed by atoms with E-state index in [0.29, 0.717) is 23.5 Å². The van der Waals surface area contributed by atoms with Crippen LogP contribution in [0.3, 0.4) is 0 Å². The van der Waals surface area contributed by atoms with Crippen molar-refractivity contribution in [2.45, 2.75) is 109 Å². The van der Waals surface area contributed by atoms with Gasteiger partial charge in [-0.15, -0.1) is 0 Å². The molecule has 3 aliphatic rings. The smallest absolute Gasteiger partial charge is 0.341 e. The number of ether oxygens (including phenoxy) is 3. The van der Waals surface area contributed by atoms with Gasteiger partial charge >= 0.3 is 5.97 Å². The van der Waals surface area contributed by atoms with Gasteiger partial charge in [0.2, 0.25) is 0 Å². The molecule has 6 atom stereocenters. The van der Waals surface area contributed by atoms with Crippen LogP contribution in [-0.4, -0.2) is 47.9 Å². The molecule has 3 rings (SSSR count). The normalized spacial score (nSPS) is 30.9. The maximum atomic E-state index is 10.9. The predicted octanol–water partition coefficient (Wildman–Crippen LogP) is 6.15. The Morgan fingerprint density at radius 3 is 2.86 bits per heavy atom. The van der Waals surface area contributed by atoms with Gasteiger partial charge in [-0.3, -0.25) is 0 Å². The van der Waals surface area contributed by atoms with Crippen LogP contribution in [0.1, 0.15) is 90.4 Å². The summed E-state index contributed by atoms with van der Waals surface area (Å²) in [6.45, 7) is 6.40. The van der Waals surface area contributed by atoms with Crippen LogP contribution >= 0.6 is 0 Å². The minimum atomic E-state index is -1.01. The Morgan fingerprint density at radius 2 is 2.11 bits per heavy atom. The largest absolute Gasteiger partial charge is 0.483 e. The lowest BCUT2D eigenvalue weighted by Gasteiger charge is -2.33. The first-order valence-electron chi connectivity index (χ1n) is 13.8. The number of allylic oxidation sites excluding steroid dienone is 4. The number of unbranched alkanes of at least 4 members (excludes halogenated alkanes) is 2.